The van der Waals surface area contributed by atoms with Crippen LogP contribution in [0.3, 0.4) is 0 Å². The van der Waals surface area contributed by atoms with Gasteiger partial charge in [-0.1, -0.05) is 88.0 Å². The molecule has 0 unspecified atom stereocenters. The van der Waals surface area contributed by atoms with Gasteiger partial charge in [0.1, 0.15) is 11.9 Å². The molecule has 2 aliphatic rings. The first-order valence-corrected chi connectivity index (χ1v) is 18.6. The van der Waals surface area contributed by atoms with Gasteiger partial charge in [-0.05, 0) is 74.9 Å². The fourth-order valence-corrected chi connectivity index (χ4v) is 11.6. The molecule has 2 aromatic rings. The van der Waals surface area contributed by atoms with E-state index in [0.717, 1.165) is 12.8 Å². The second-order valence-corrected chi connectivity index (χ2v) is 19.1. The predicted octanol–water partition coefficient (Wildman–Crippen LogP) is 6.66. The van der Waals surface area contributed by atoms with Crippen LogP contribution in [-0.2, 0) is 33.0 Å². The Kier molecular flexibility index (Phi) is 11.7. The number of carbonyl (C=O) groups is 2. The Bertz CT molecular complexity index is 1290. The third-order valence-electron chi connectivity index (χ3n) is 8.91. The van der Waals surface area contributed by atoms with E-state index >= 15 is 0 Å². The molecule has 7 nitrogen and oxygen atoms in total. The Morgan fingerprint density at radius 3 is 1.93 bits per heavy atom. The molecule has 2 fully saturated rings. The summed E-state index contributed by atoms with van der Waals surface area (Å²) in [4.78, 5) is 25.2. The first kappa shape index (κ1) is 36.4. The Morgan fingerprint density at radius 1 is 0.848 bits per heavy atom. The number of hydrogen-bond acceptors (Lipinski definition) is 7. The lowest BCUT2D eigenvalue weighted by Gasteiger charge is -2.43. The van der Waals surface area contributed by atoms with Crippen LogP contribution in [0, 0.1) is 0 Å². The van der Waals surface area contributed by atoms with Gasteiger partial charge in [-0.2, -0.15) is 0 Å². The molecule has 8 heteroatoms. The van der Waals surface area contributed by atoms with Crippen molar-refractivity contribution in [1.82, 2.24) is 0 Å². The van der Waals surface area contributed by atoms with Crippen LogP contribution in [0.1, 0.15) is 93.9 Å². The molecule has 4 atom stereocenters. The minimum Gasteiger partial charge on any atom is -0.407 e. The summed E-state index contributed by atoms with van der Waals surface area (Å²) in [5, 5.41) is 2.41. The van der Waals surface area contributed by atoms with Crippen molar-refractivity contribution in [3.8, 4) is 0 Å². The molecule has 0 bridgehead atoms. The first-order chi connectivity index (χ1) is 21.5. The number of carbonyl (C=O) groups excluding carboxylic acids is 2. The van der Waals surface area contributed by atoms with Crippen LogP contribution in [-0.4, -0.2) is 62.5 Å². The maximum atomic E-state index is 13.6. The third-order valence-corrected chi connectivity index (χ3v) is 14.0. The van der Waals surface area contributed by atoms with Crippen molar-refractivity contribution in [2.45, 2.75) is 135 Å². The average Bonchev–Trinajstić information content (AvgIpc) is 3.27. The van der Waals surface area contributed by atoms with Crippen LogP contribution in [0.4, 0.5) is 0 Å². The van der Waals surface area contributed by atoms with Crippen LogP contribution >= 0.6 is 0 Å². The highest BCUT2D eigenvalue weighted by molar-refractivity contribution is 6.99. The molecule has 0 aromatic heterocycles. The van der Waals surface area contributed by atoms with Crippen LogP contribution in [0.25, 0.3) is 0 Å². The molecule has 0 aliphatic carbocycles. The number of rotatable bonds is 14. The smallest absolute Gasteiger partial charge is 0.261 e. The Hall–Kier alpha value is -2.46. The lowest BCUT2D eigenvalue weighted by atomic mass is 9.93. The second kappa shape index (κ2) is 14.8. The summed E-state index contributed by atoms with van der Waals surface area (Å²) in [6.07, 6.45) is 1.77. The quantitative estimate of drug-likeness (QED) is 0.129. The molecule has 2 saturated heterocycles. The molecule has 2 aromatic carbocycles. The Balaban J connectivity index is 1.42. The molecule has 2 heterocycles. The van der Waals surface area contributed by atoms with E-state index in [1.165, 1.54) is 10.4 Å². The number of ketones is 2. The zero-order valence-corrected chi connectivity index (χ0v) is 30.1. The summed E-state index contributed by atoms with van der Waals surface area (Å²) < 4.78 is 31.8. The molecule has 2 aliphatic heterocycles. The third kappa shape index (κ3) is 8.91. The van der Waals surface area contributed by atoms with Gasteiger partial charge >= 0.3 is 0 Å². The zero-order valence-electron chi connectivity index (χ0n) is 29.1. The van der Waals surface area contributed by atoms with E-state index in [2.05, 4.69) is 88.0 Å². The van der Waals surface area contributed by atoms with E-state index in [4.69, 9.17) is 23.4 Å². The van der Waals surface area contributed by atoms with Crippen molar-refractivity contribution < 1.29 is 33.0 Å². The van der Waals surface area contributed by atoms with E-state index in [1.54, 1.807) is 20.8 Å². The van der Waals surface area contributed by atoms with Crippen molar-refractivity contribution >= 4 is 30.3 Å². The Morgan fingerprint density at radius 2 is 1.39 bits per heavy atom. The molecule has 46 heavy (non-hydrogen) atoms. The molecule has 252 valence electrons. The van der Waals surface area contributed by atoms with E-state index in [9.17, 15) is 9.59 Å². The first-order valence-electron chi connectivity index (χ1n) is 16.7. The van der Waals surface area contributed by atoms with E-state index in [-0.39, 0.29) is 34.9 Å². The minimum atomic E-state index is -2.64. The van der Waals surface area contributed by atoms with E-state index in [1.807, 2.05) is 13.8 Å². The van der Waals surface area contributed by atoms with Gasteiger partial charge < -0.3 is 28.2 Å². The fraction of sp³-hybridized carbons (Fsp3) is 0.579. The van der Waals surface area contributed by atoms with Gasteiger partial charge in [-0.15, -0.1) is 0 Å². The molecule has 0 radical (unpaired) electrons. The molecule has 0 amide bonds. The van der Waals surface area contributed by atoms with Gasteiger partial charge in [0.15, 0.2) is 17.4 Å². The van der Waals surface area contributed by atoms with Crippen LogP contribution in [0.2, 0.25) is 5.04 Å². The number of ether oxygens (including phenoxy) is 4. The highest BCUT2D eigenvalue weighted by Crippen LogP contribution is 2.38. The molecule has 4 rings (SSSR count). The van der Waals surface area contributed by atoms with Gasteiger partial charge in [0.05, 0.1) is 18.3 Å². The van der Waals surface area contributed by atoms with Gasteiger partial charge in [0.2, 0.25) is 0 Å². The molecule has 0 saturated carbocycles. The summed E-state index contributed by atoms with van der Waals surface area (Å²) in [5.74, 6) is -1.74. The molecule has 0 spiro atoms. The van der Waals surface area contributed by atoms with Crippen molar-refractivity contribution in [1.29, 1.82) is 0 Å². The van der Waals surface area contributed by atoms with Crippen LogP contribution in [0.5, 0.6) is 0 Å². The summed E-state index contributed by atoms with van der Waals surface area (Å²) in [7, 11) is -2.64. The lowest BCUT2D eigenvalue weighted by Crippen LogP contribution is -2.66. The molecular formula is C38H54O7Si. The maximum absolute atomic E-state index is 13.6. The van der Waals surface area contributed by atoms with Crippen molar-refractivity contribution in [2.75, 3.05) is 6.61 Å². The van der Waals surface area contributed by atoms with Gasteiger partial charge in [-0.25, -0.2) is 0 Å². The topological polar surface area (TPSA) is 80.3 Å². The number of benzene rings is 2. The second-order valence-electron chi connectivity index (χ2n) is 14.8. The highest BCUT2D eigenvalue weighted by Gasteiger charge is 2.50. The van der Waals surface area contributed by atoms with E-state index in [0.29, 0.717) is 37.9 Å². The van der Waals surface area contributed by atoms with Gasteiger partial charge in [0, 0.05) is 25.9 Å². The van der Waals surface area contributed by atoms with Crippen molar-refractivity contribution in [3.05, 3.63) is 72.8 Å². The summed E-state index contributed by atoms with van der Waals surface area (Å²) >= 11 is 0. The maximum Gasteiger partial charge on any atom is 0.261 e. The summed E-state index contributed by atoms with van der Waals surface area (Å²) in [6, 6.07) is 21.3. The highest BCUT2D eigenvalue weighted by atomic mass is 28.4. The van der Waals surface area contributed by atoms with Crippen molar-refractivity contribution in [3.63, 3.8) is 0 Å². The normalized spacial score (nSPS) is 24.4. The number of Topliss-reactive ketones (excluding diaryl/α,β-unsaturated/α-hetero) is 2. The summed E-state index contributed by atoms with van der Waals surface area (Å²) in [6.45, 7) is 20.6. The van der Waals surface area contributed by atoms with Gasteiger partial charge in [0.25, 0.3) is 8.32 Å². The van der Waals surface area contributed by atoms with Crippen LogP contribution < -0.4 is 10.4 Å². The largest absolute Gasteiger partial charge is 0.407 e. The fourth-order valence-electron chi connectivity index (χ4n) is 6.98. The average molecular weight is 651 g/mol. The Labute approximate surface area is 277 Å². The molecular weight excluding hydrogens is 596 g/mol. The summed E-state index contributed by atoms with van der Waals surface area (Å²) in [5.41, 5.74) is 0.452. The predicted molar refractivity (Wildman–Crippen MR) is 184 cm³/mol. The van der Waals surface area contributed by atoms with Gasteiger partial charge in [-0.3, -0.25) is 4.79 Å². The molecule has 0 N–H and O–H groups in total. The standard InChI is InChI=1S/C38H54O7Si/c1-27(35(40)34-26-29(23-22-28(2)39)42-37(6,7)45-34)25-33-32(43-38(8,9)44-33)21-16-24-41-46(36(3,4)5,30-17-12-10-13-18-30)31-19-14-11-15-20-31/h10-15,17-20,29,32-34H,1,16,21-26H2,2-9H3/t29-,32-,33-,34-/m0/s1. The van der Waals surface area contributed by atoms with Crippen LogP contribution in [0.15, 0.2) is 72.8 Å². The minimum absolute atomic E-state index is 0.100. The monoisotopic (exact) mass is 650 g/mol. The SMILES string of the molecule is C=C(C[C@@H]1OC(C)(C)O[C@H]1CCCO[Si](c1ccccc1)(c1ccccc1)C(C)(C)C)C(=O)[C@@H]1C[C@H](CCC(C)=O)OC(C)(C)O1. The van der Waals surface area contributed by atoms with Crippen molar-refractivity contribution in [2.24, 2.45) is 0 Å². The number of hydrogen-bond donors (Lipinski definition) is 0. The zero-order chi connectivity index (χ0) is 33.8. The lowest BCUT2D eigenvalue weighted by molar-refractivity contribution is -0.293. The van der Waals surface area contributed by atoms with E-state index < -0.39 is 26.0 Å².